The second kappa shape index (κ2) is 8.22. The average Bonchev–Trinajstić information content (AvgIpc) is 3.18. The summed E-state index contributed by atoms with van der Waals surface area (Å²) in [6.45, 7) is 7.43. The Hall–Kier alpha value is -1.29. The number of aromatic amines is 1. The van der Waals surface area contributed by atoms with Crippen molar-refractivity contribution in [2.24, 2.45) is 0 Å². The number of fused-ring (bicyclic) bond motifs is 1. The lowest BCUT2D eigenvalue weighted by Gasteiger charge is -2.24. The van der Waals surface area contributed by atoms with E-state index in [9.17, 15) is 14.8 Å². The number of hydrogen-bond acceptors (Lipinski definition) is 8. The van der Waals surface area contributed by atoms with Crippen molar-refractivity contribution in [2.45, 2.75) is 76.3 Å². The van der Waals surface area contributed by atoms with Gasteiger partial charge in [-0.1, -0.05) is 19.1 Å². The Labute approximate surface area is 169 Å². The fraction of sp³-hybridized carbons (Fsp3) is 0.706. The van der Waals surface area contributed by atoms with E-state index in [4.69, 9.17) is 21.5 Å². The topological polar surface area (TPSA) is 122 Å². The summed E-state index contributed by atoms with van der Waals surface area (Å²) in [7, 11) is -1.84. The summed E-state index contributed by atoms with van der Waals surface area (Å²) in [5.74, 6) is 0. The van der Waals surface area contributed by atoms with Crippen LogP contribution in [0.3, 0.4) is 0 Å². The Morgan fingerprint density at radius 3 is 2.82 bits per heavy atom. The van der Waals surface area contributed by atoms with Gasteiger partial charge in [-0.3, -0.25) is 4.57 Å². The third kappa shape index (κ3) is 4.17. The minimum Gasteiger partial charge on any atom is -0.388 e. The van der Waals surface area contributed by atoms with Gasteiger partial charge in [0, 0.05) is 6.42 Å². The van der Waals surface area contributed by atoms with Gasteiger partial charge in [-0.15, -0.1) is 4.52 Å². The van der Waals surface area contributed by atoms with Gasteiger partial charge in [0.15, 0.2) is 16.5 Å². The number of hydrogen-bond donors (Lipinski definition) is 3. The van der Waals surface area contributed by atoms with Crippen molar-refractivity contribution in [3.8, 4) is 0 Å². The van der Waals surface area contributed by atoms with Crippen LogP contribution in [0.25, 0.3) is 11.2 Å². The molecule has 4 unspecified atom stereocenters. The molecule has 6 atom stereocenters. The van der Waals surface area contributed by atoms with E-state index in [1.165, 1.54) is 12.7 Å². The molecule has 0 radical (unpaired) electrons. The summed E-state index contributed by atoms with van der Waals surface area (Å²) >= 11 is 5.16. The molecule has 3 heterocycles. The molecule has 28 heavy (non-hydrogen) atoms. The molecule has 0 aliphatic carbocycles. The molecule has 0 aromatic carbocycles. The Morgan fingerprint density at radius 2 is 2.14 bits per heavy atom. The molecule has 3 rings (SSSR count). The van der Waals surface area contributed by atoms with Gasteiger partial charge in [0.25, 0.3) is 0 Å². The second-order valence-corrected chi connectivity index (χ2v) is 9.72. The van der Waals surface area contributed by atoms with Crippen LogP contribution in [0.2, 0.25) is 0 Å². The van der Waals surface area contributed by atoms with Crippen molar-refractivity contribution in [2.75, 3.05) is 0 Å². The van der Waals surface area contributed by atoms with Crippen LogP contribution in [0.5, 0.6) is 0 Å². The quantitative estimate of drug-likeness (QED) is 0.454. The van der Waals surface area contributed by atoms with Crippen LogP contribution in [0.4, 0.5) is 0 Å². The lowest BCUT2D eigenvalue weighted by atomic mass is 9.97. The summed E-state index contributed by atoms with van der Waals surface area (Å²) < 4.78 is 25.9. The number of aliphatic hydroxyl groups excluding tert-OH is 2. The lowest BCUT2D eigenvalue weighted by molar-refractivity contribution is -0.0578. The highest BCUT2D eigenvalue weighted by molar-refractivity contribution is 7.71. The van der Waals surface area contributed by atoms with Crippen LogP contribution < -0.4 is 0 Å². The van der Waals surface area contributed by atoms with Crippen LogP contribution in [0.15, 0.2) is 12.7 Å². The molecule has 1 aliphatic heterocycles. The molecule has 0 bridgehead atoms. The third-order valence-electron chi connectivity index (χ3n) is 4.97. The molecule has 1 fully saturated rings. The molecule has 154 valence electrons. The average molecular weight is 429 g/mol. The van der Waals surface area contributed by atoms with Crippen molar-refractivity contribution in [1.82, 2.24) is 19.5 Å². The van der Waals surface area contributed by atoms with Gasteiger partial charge in [-0.25, -0.2) is 9.97 Å². The highest BCUT2D eigenvalue weighted by Crippen LogP contribution is 2.41. The van der Waals surface area contributed by atoms with Crippen molar-refractivity contribution in [3.05, 3.63) is 17.3 Å². The van der Waals surface area contributed by atoms with Crippen molar-refractivity contribution in [1.29, 1.82) is 0 Å². The van der Waals surface area contributed by atoms with Gasteiger partial charge >= 0.3 is 8.03 Å². The molecule has 1 saturated heterocycles. The first-order chi connectivity index (χ1) is 13.1. The maximum Gasteiger partial charge on any atom is 0.511 e. The highest BCUT2D eigenvalue weighted by Gasteiger charge is 2.48. The van der Waals surface area contributed by atoms with Crippen LogP contribution in [0.1, 0.15) is 46.8 Å². The Balaban J connectivity index is 1.77. The number of nitrogens with zero attached hydrogens (tertiary/aromatic N) is 3. The largest absolute Gasteiger partial charge is 0.511 e. The SMILES string of the molecule is CCC(C)[P+](=O)OC(C)(C)C[C@H]1OC(n2cnc3c(=S)nc[nH]c32)[C@H](O)C1O. The first-order valence-electron chi connectivity index (χ1n) is 9.22. The second-order valence-electron chi connectivity index (χ2n) is 7.70. The first kappa shape index (κ1) is 21.4. The van der Waals surface area contributed by atoms with Crippen LogP contribution in [0, 0.1) is 4.64 Å². The summed E-state index contributed by atoms with van der Waals surface area (Å²) in [4.78, 5) is 11.1. The molecule has 2 aromatic heterocycles. The van der Waals surface area contributed by atoms with Crippen LogP contribution in [-0.2, 0) is 13.8 Å². The molecular weight excluding hydrogens is 403 g/mol. The number of aliphatic hydroxyl groups is 2. The van der Waals surface area contributed by atoms with E-state index in [2.05, 4.69) is 15.0 Å². The van der Waals surface area contributed by atoms with Gasteiger partial charge in [0.1, 0.15) is 29.0 Å². The maximum absolute atomic E-state index is 12.3. The zero-order chi connectivity index (χ0) is 20.6. The molecule has 0 spiro atoms. The van der Waals surface area contributed by atoms with E-state index in [1.807, 2.05) is 13.8 Å². The van der Waals surface area contributed by atoms with E-state index < -0.39 is 38.2 Å². The number of rotatable bonds is 7. The number of ether oxygens (including phenoxy) is 1. The monoisotopic (exact) mass is 429 g/mol. The number of aromatic nitrogens is 4. The minimum absolute atomic E-state index is 0.0592. The molecule has 9 nitrogen and oxygen atoms in total. The van der Waals surface area contributed by atoms with E-state index in [0.29, 0.717) is 15.8 Å². The number of imidazole rings is 1. The fourth-order valence-electron chi connectivity index (χ4n) is 3.20. The van der Waals surface area contributed by atoms with Crippen molar-refractivity contribution < 1.29 is 24.0 Å². The Bertz CT molecular complexity index is 916. The van der Waals surface area contributed by atoms with Gasteiger partial charge in [0.05, 0.1) is 18.8 Å². The van der Waals surface area contributed by atoms with Crippen molar-refractivity contribution in [3.63, 3.8) is 0 Å². The smallest absolute Gasteiger partial charge is 0.388 e. The van der Waals surface area contributed by atoms with Crippen molar-refractivity contribution >= 4 is 31.4 Å². The minimum atomic E-state index is -1.84. The molecular formula is C17H26N4O5PS+. The number of nitrogens with one attached hydrogen (secondary N) is 1. The standard InChI is InChI=1S/C17H25N4O5PS/c1-5-9(2)27(24)26-17(3,4)6-10-12(22)13(23)16(25-10)21-8-20-11-14(21)18-7-19-15(11)28/h7-10,12-13,16,22-23H,5-6H2,1-4H3/p+1/t9?,10-,12?,13-,16?/m1/s1. The summed E-state index contributed by atoms with van der Waals surface area (Å²) in [6.07, 6.45) is 0.106. The Kier molecular flexibility index (Phi) is 6.29. The number of H-pyrrole nitrogens is 1. The van der Waals surface area contributed by atoms with Gasteiger partial charge in [0.2, 0.25) is 0 Å². The highest BCUT2D eigenvalue weighted by atomic mass is 32.1. The molecule has 3 N–H and O–H groups in total. The van der Waals surface area contributed by atoms with E-state index in [-0.39, 0.29) is 12.1 Å². The van der Waals surface area contributed by atoms with Gasteiger partial charge in [-0.05, 0) is 31.8 Å². The molecule has 0 amide bonds. The summed E-state index contributed by atoms with van der Waals surface area (Å²) in [5.41, 5.74) is 0.182. The molecule has 1 aliphatic rings. The van der Waals surface area contributed by atoms with E-state index in [0.717, 1.165) is 6.42 Å². The Morgan fingerprint density at radius 1 is 1.43 bits per heavy atom. The van der Waals surface area contributed by atoms with E-state index >= 15 is 0 Å². The lowest BCUT2D eigenvalue weighted by Crippen LogP contribution is -2.36. The zero-order valence-electron chi connectivity index (χ0n) is 16.3. The fourth-order valence-corrected chi connectivity index (χ4v) is 4.44. The third-order valence-corrected chi connectivity index (χ3v) is 7.03. The zero-order valence-corrected chi connectivity index (χ0v) is 18.0. The van der Waals surface area contributed by atoms with Crippen LogP contribution >= 0.6 is 20.2 Å². The van der Waals surface area contributed by atoms with Crippen LogP contribution in [-0.4, -0.2) is 59.3 Å². The first-order valence-corrected chi connectivity index (χ1v) is 10.9. The predicted octanol–water partition coefficient (Wildman–Crippen LogP) is 2.83. The van der Waals surface area contributed by atoms with Gasteiger partial charge < -0.3 is 19.9 Å². The molecule has 11 heteroatoms. The predicted molar refractivity (Wildman–Crippen MR) is 106 cm³/mol. The van der Waals surface area contributed by atoms with E-state index in [1.54, 1.807) is 18.4 Å². The summed E-state index contributed by atoms with van der Waals surface area (Å²) in [5, 5.41) is 21.1. The molecule has 0 saturated carbocycles. The molecule has 2 aromatic rings. The summed E-state index contributed by atoms with van der Waals surface area (Å²) in [6, 6.07) is 0. The maximum atomic E-state index is 12.3. The normalized spacial score (nSPS) is 27.3. The van der Waals surface area contributed by atoms with Gasteiger partial charge in [-0.2, -0.15) is 0 Å².